The highest BCUT2D eigenvalue weighted by atomic mass is 32.2. The Balaban J connectivity index is 2.55. The summed E-state index contributed by atoms with van der Waals surface area (Å²) in [4.78, 5) is 19.6. The predicted octanol–water partition coefficient (Wildman–Crippen LogP) is 1.24. The molecule has 0 spiro atoms. The van der Waals surface area contributed by atoms with Gasteiger partial charge in [0.2, 0.25) is 0 Å². The standard InChI is InChI=1S/C11H17N3O2S/c1-8(6-11(2,12)10(15)16-3)17-9-7-13-4-5-14-9/h4-5,7-8H,6,12H2,1-3H3. The molecule has 0 saturated heterocycles. The van der Waals surface area contributed by atoms with E-state index in [4.69, 9.17) is 5.73 Å². The number of carbonyl (C=O) groups is 1. The van der Waals surface area contributed by atoms with Crippen molar-refractivity contribution < 1.29 is 9.53 Å². The van der Waals surface area contributed by atoms with E-state index in [1.54, 1.807) is 25.5 Å². The molecular formula is C11H17N3O2S. The van der Waals surface area contributed by atoms with Crippen molar-refractivity contribution in [2.75, 3.05) is 7.11 Å². The molecule has 0 aliphatic heterocycles. The van der Waals surface area contributed by atoms with Crippen LogP contribution >= 0.6 is 11.8 Å². The van der Waals surface area contributed by atoms with E-state index in [2.05, 4.69) is 14.7 Å². The molecule has 2 atom stereocenters. The molecule has 1 aromatic heterocycles. The van der Waals surface area contributed by atoms with Crippen molar-refractivity contribution in [3.05, 3.63) is 18.6 Å². The molecule has 0 aromatic carbocycles. The summed E-state index contributed by atoms with van der Waals surface area (Å²) < 4.78 is 4.66. The van der Waals surface area contributed by atoms with E-state index >= 15 is 0 Å². The molecule has 1 heterocycles. The average molecular weight is 255 g/mol. The van der Waals surface area contributed by atoms with E-state index in [9.17, 15) is 4.79 Å². The van der Waals surface area contributed by atoms with Crippen molar-refractivity contribution in [3.63, 3.8) is 0 Å². The Morgan fingerprint density at radius 1 is 1.65 bits per heavy atom. The Bertz CT molecular complexity index is 370. The fourth-order valence-corrected chi connectivity index (χ4v) is 2.59. The number of aromatic nitrogens is 2. The largest absolute Gasteiger partial charge is 0.468 e. The molecule has 0 bridgehead atoms. The monoisotopic (exact) mass is 255 g/mol. The highest BCUT2D eigenvalue weighted by Crippen LogP contribution is 2.26. The van der Waals surface area contributed by atoms with Crippen molar-refractivity contribution in [1.82, 2.24) is 9.97 Å². The van der Waals surface area contributed by atoms with E-state index in [0.717, 1.165) is 5.03 Å². The second-order valence-electron chi connectivity index (χ2n) is 4.09. The average Bonchev–Trinajstić information content (AvgIpc) is 2.28. The van der Waals surface area contributed by atoms with Gasteiger partial charge in [0.1, 0.15) is 10.6 Å². The number of rotatable bonds is 5. The van der Waals surface area contributed by atoms with Crippen molar-refractivity contribution in [2.45, 2.75) is 36.1 Å². The normalized spacial score (nSPS) is 16.0. The first-order chi connectivity index (χ1) is 7.95. The zero-order valence-corrected chi connectivity index (χ0v) is 11.0. The number of hydrogen-bond acceptors (Lipinski definition) is 6. The van der Waals surface area contributed by atoms with Crippen molar-refractivity contribution in [1.29, 1.82) is 0 Å². The summed E-state index contributed by atoms with van der Waals surface area (Å²) in [5.41, 5.74) is 4.93. The minimum absolute atomic E-state index is 0.154. The molecule has 0 amide bonds. The van der Waals surface area contributed by atoms with Crippen LogP contribution in [0.3, 0.4) is 0 Å². The summed E-state index contributed by atoms with van der Waals surface area (Å²) in [7, 11) is 1.34. The topological polar surface area (TPSA) is 78.1 Å². The number of ether oxygens (including phenoxy) is 1. The van der Waals surface area contributed by atoms with Crippen LogP contribution in [0, 0.1) is 0 Å². The number of thioether (sulfide) groups is 1. The quantitative estimate of drug-likeness (QED) is 0.630. The third-order valence-corrected chi connectivity index (χ3v) is 3.25. The predicted molar refractivity (Wildman–Crippen MR) is 66.6 cm³/mol. The van der Waals surface area contributed by atoms with Crippen molar-refractivity contribution >= 4 is 17.7 Å². The Hall–Kier alpha value is -1.14. The lowest BCUT2D eigenvalue weighted by molar-refractivity contribution is -0.146. The molecule has 6 heteroatoms. The third kappa shape index (κ3) is 4.32. The molecule has 0 aliphatic rings. The van der Waals surface area contributed by atoms with Crippen LogP contribution in [0.25, 0.3) is 0 Å². The summed E-state index contributed by atoms with van der Waals surface area (Å²) in [6.45, 7) is 3.67. The molecular weight excluding hydrogens is 238 g/mol. The number of nitrogens with zero attached hydrogens (tertiary/aromatic N) is 2. The molecule has 5 nitrogen and oxygen atoms in total. The first-order valence-electron chi connectivity index (χ1n) is 5.25. The van der Waals surface area contributed by atoms with E-state index in [-0.39, 0.29) is 5.25 Å². The van der Waals surface area contributed by atoms with Gasteiger partial charge in [0.25, 0.3) is 0 Å². The van der Waals surface area contributed by atoms with Crippen LogP contribution in [0.2, 0.25) is 0 Å². The van der Waals surface area contributed by atoms with E-state index in [1.165, 1.54) is 18.9 Å². The molecule has 0 fully saturated rings. The zero-order valence-electron chi connectivity index (χ0n) is 10.2. The van der Waals surface area contributed by atoms with Gasteiger partial charge in [-0.2, -0.15) is 0 Å². The first-order valence-corrected chi connectivity index (χ1v) is 6.13. The van der Waals surface area contributed by atoms with Gasteiger partial charge in [-0.1, -0.05) is 6.92 Å². The Kier molecular flexibility index (Phi) is 4.89. The fourth-order valence-electron chi connectivity index (χ4n) is 1.51. The molecule has 94 valence electrons. The molecule has 1 aromatic rings. The fraction of sp³-hybridized carbons (Fsp3) is 0.545. The highest BCUT2D eigenvalue weighted by molar-refractivity contribution is 7.99. The maximum absolute atomic E-state index is 11.4. The number of nitrogens with two attached hydrogens (primary N) is 1. The SMILES string of the molecule is COC(=O)C(C)(N)CC(C)Sc1cnccn1. The number of hydrogen-bond donors (Lipinski definition) is 1. The Labute approximate surface area is 105 Å². The maximum Gasteiger partial charge on any atom is 0.325 e. The van der Waals surface area contributed by atoms with E-state index < -0.39 is 11.5 Å². The molecule has 0 aliphatic carbocycles. The minimum Gasteiger partial charge on any atom is -0.468 e. The molecule has 2 unspecified atom stereocenters. The van der Waals surface area contributed by atoms with E-state index in [0.29, 0.717) is 6.42 Å². The van der Waals surface area contributed by atoms with Gasteiger partial charge in [0.05, 0.1) is 13.3 Å². The number of methoxy groups -OCH3 is 1. The lowest BCUT2D eigenvalue weighted by Crippen LogP contribution is -2.47. The smallest absolute Gasteiger partial charge is 0.325 e. The summed E-state index contributed by atoms with van der Waals surface area (Å²) in [5, 5.41) is 0.974. The van der Waals surface area contributed by atoms with Gasteiger partial charge in [-0.25, -0.2) is 4.98 Å². The third-order valence-electron chi connectivity index (χ3n) is 2.22. The van der Waals surface area contributed by atoms with Crippen LogP contribution in [0.15, 0.2) is 23.6 Å². The van der Waals surface area contributed by atoms with Crippen molar-refractivity contribution in [3.8, 4) is 0 Å². The second kappa shape index (κ2) is 5.97. The van der Waals surface area contributed by atoms with Gasteiger partial charge in [-0.05, 0) is 13.3 Å². The van der Waals surface area contributed by atoms with Gasteiger partial charge in [0.15, 0.2) is 0 Å². The van der Waals surface area contributed by atoms with E-state index in [1.807, 2.05) is 6.92 Å². The van der Waals surface area contributed by atoms with Crippen molar-refractivity contribution in [2.24, 2.45) is 5.73 Å². The Morgan fingerprint density at radius 2 is 2.35 bits per heavy atom. The first kappa shape index (κ1) is 13.9. The lowest BCUT2D eigenvalue weighted by atomic mass is 9.98. The summed E-state index contributed by atoms with van der Waals surface area (Å²) >= 11 is 1.54. The number of carbonyl (C=O) groups excluding carboxylic acids is 1. The van der Waals surface area contributed by atoms with Gasteiger partial charge < -0.3 is 10.5 Å². The molecule has 2 N–H and O–H groups in total. The van der Waals surface area contributed by atoms with Crippen LogP contribution in [0.5, 0.6) is 0 Å². The second-order valence-corrected chi connectivity index (χ2v) is 5.54. The summed E-state index contributed by atoms with van der Waals surface area (Å²) in [6.07, 6.45) is 5.46. The number of esters is 1. The van der Waals surface area contributed by atoms with Gasteiger partial charge in [-0.3, -0.25) is 9.78 Å². The maximum atomic E-state index is 11.4. The molecule has 1 rings (SSSR count). The van der Waals surface area contributed by atoms with Gasteiger partial charge in [-0.15, -0.1) is 11.8 Å². The van der Waals surface area contributed by atoms with Crippen LogP contribution in [-0.4, -0.2) is 33.8 Å². The minimum atomic E-state index is -0.969. The van der Waals surface area contributed by atoms with Crippen LogP contribution < -0.4 is 5.73 Å². The van der Waals surface area contributed by atoms with Crippen LogP contribution in [-0.2, 0) is 9.53 Å². The molecule has 0 saturated carbocycles. The highest BCUT2D eigenvalue weighted by Gasteiger charge is 2.31. The van der Waals surface area contributed by atoms with Crippen LogP contribution in [0.4, 0.5) is 0 Å². The summed E-state index contributed by atoms with van der Waals surface area (Å²) in [5.74, 6) is -0.399. The molecule has 0 radical (unpaired) electrons. The van der Waals surface area contributed by atoms with Gasteiger partial charge in [0, 0.05) is 17.6 Å². The zero-order chi connectivity index (χ0) is 12.9. The Morgan fingerprint density at radius 3 is 2.88 bits per heavy atom. The van der Waals surface area contributed by atoms with Gasteiger partial charge >= 0.3 is 5.97 Å². The van der Waals surface area contributed by atoms with Crippen LogP contribution in [0.1, 0.15) is 20.3 Å². The lowest BCUT2D eigenvalue weighted by Gasteiger charge is -2.24. The summed E-state index contributed by atoms with van der Waals surface area (Å²) in [6, 6.07) is 0. The molecule has 17 heavy (non-hydrogen) atoms.